The van der Waals surface area contributed by atoms with Crippen LogP contribution < -0.4 is 10.6 Å². The van der Waals surface area contributed by atoms with E-state index in [1.807, 2.05) is 6.92 Å². The van der Waals surface area contributed by atoms with E-state index in [0.29, 0.717) is 25.0 Å². The fraction of sp³-hybridized carbons (Fsp3) is 0.706. The third-order valence-electron chi connectivity index (χ3n) is 4.22. The van der Waals surface area contributed by atoms with Crippen molar-refractivity contribution in [3.8, 4) is 0 Å². The molecule has 1 aromatic heterocycles. The number of rotatable bonds is 7. The summed E-state index contributed by atoms with van der Waals surface area (Å²) in [5, 5.41) is 7.88. The van der Waals surface area contributed by atoms with Crippen LogP contribution in [0.1, 0.15) is 31.1 Å². The summed E-state index contributed by atoms with van der Waals surface area (Å²) in [6, 6.07) is 4.24. The lowest BCUT2D eigenvalue weighted by Crippen LogP contribution is -2.40. The summed E-state index contributed by atoms with van der Waals surface area (Å²) in [6.45, 7) is 6.17. The second-order valence-corrected chi connectivity index (χ2v) is 7.34. The first-order valence-corrected chi connectivity index (χ1v) is 9.68. The van der Waals surface area contributed by atoms with Gasteiger partial charge in [0, 0.05) is 31.1 Å². The average Bonchev–Trinajstić information content (AvgIpc) is 3.06. The second-order valence-electron chi connectivity index (χ2n) is 6.31. The van der Waals surface area contributed by atoms with Crippen LogP contribution >= 0.6 is 11.3 Å². The minimum atomic E-state index is -4.14. The molecule has 0 amide bonds. The number of halogens is 3. The molecule has 0 aliphatic carbocycles. The lowest BCUT2D eigenvalue weighted by atomic mass is 9.97. The fourth-order valence-electron chi connectivity index (χ4n) is 2.83. The van der Waals surface area contributed by atoms with Crippen molar-refractivity contribution in [2.75, 3.05) is 32.7 Å². The average molecular weight is 376 g/mol. The maximum atomic E-state index is 12.2. The fourth-order valence-corrected chi connectivity index (χ4v) is 3.58. The van der Waals surface area contributed by atoms with E-state index < -0.39 is 12.6 Å². The largest absolute Gasteiger partial charge is 0.390 e. The molecule has 0 spiro atoms. The van der Waals surface area contributed by atoms with E-state index in [9.17, 15) is 13.2 Å². The Morgan fingerprint density at radius 2 is 2.08 bits per heavy atom. The van der Waals surface area contributed by atoms with Gasteiger partial charge in [-0.05, 0) is 50.2 Å². The predicted molar refractivity (Wildman–Crippen MR) is 97.0 cm³/mol. The number of aliphatic imine (C=N–C) groups is 1. The number of piperidine rings is 1. The van der Waals surface area contributed by atoms with Crippen molar-refractivity contribution in [3.05, 3.63) is 22.4 Å². The first-order valence-electron chi connectivity index (χ1n) is 8.80. The van der Waals surface area contributed by atoms with Crippen LogP contribution in [0.3, 0.4) is 0 Å². The Kier molecular flexibility index (Phi) is 8.02. The molecule has 1 aliphatic rings. The van der Waals surface area contributed by atoms with E-state index in [1.165, 1.54) is 4.88 Å². The summed E-state index contributed by atoms with van der Waals surface area (Å²) in [6.07, 6.45) is -2.83. The molecule has 2 N–H and O–H groups in total. The molecule has 0 saturated carbocycles. The van der Waals surface area contributed by atoms with Crippen molar-refractivity contribution >= 4 is 17.3 Å². The molecule has 1 aliphatic heterocycles. The molecular formula is C17H27F3N4S. The normalized spacial score (nSPS) is 17.7. The van der Waals surface area contributed by atoms with Crippen molar-refractivity contribution in [2.45, 2.75) is 38.9 Å². The molecule has 0 atom stereocenters. The van der Waals surface area contributed by atoms with E-state index >= 15 is 0 Å². The lowest BCUT2D eigenvalue weighted by Gasteiger charge is -2.31. The maximum Gasteiger partial charge on any atom is 0.390 e. The molecule has 0 bridgehead atoms. The second kappa shape index (κ2) is 10.0. The van der Waals surface area contributed by atoms with Crippen LogP contribution in [-0.2, 0) is 6.54 Å². The van der Waals surface area contributed by atoms with Gasteiger partial charge in [0.15, 0.2) is 5.96 Å². The molecule has 0 radical (unpaired) electrons. The van der Waals surface area contributed by atoms with E-state index in [0.717, 1.165) is 32.5 Å². The summed E-state index contributed by atoms with van der Waals surface area (Å²) in [5.41, 5.74) is 0. The molecule has 4 nitrogen and oxygen atoms in total. The standard InChI is InChI=1S/C17H27F3N4S/c1-2-21-16(22-8-7-17(18,19)20)23-12-14-5-9-24(10-6-14)13-15-4-3-11-25-15/h3-4,11,14H,2,5-10,12-13H2,1H3,(H2,21,22,23). The van der Waals surface area contributed by atoms with Gasteiger partial charge in [0.05, 0.1) is 6.42 Å². The highest BCUT2D eigenvalue weighted by molar-refractivity contribution is 7.09. The quantitative estimate of drug-likeness (QED) is 0.565. The molecule has 1 fully saturated rings. The Hall–Kier alpha value is -1.28. The number of hydrogen-bond donors (Lipinski definition) is 2. The SMILES string of the molecule is CCNC(=NCC1CCN(Cc2cccs2)CC1)NCCC(F)(F)F. The van der Waals surface area contributed by atoms with Crippen LogP contribution in [0.15, 0.2) is 22.5 Å². The zero-order valence-corrected chi connectivity index (χ0v) is 15.4. The molecular weight excluding hydrogens is 349 g/mol. The van der Waals surface area contributed by atoms with Gasteiger partial charge in [0.1, 0.15) is 0 Å². The Labute approximate surface area is 151 Å². The highest BCUT2D eigenvalue weighted by Crippen LogP contribution is 2.21. The molecule has 0 aromatic carbocycles. The Morgan fingerprint density at radius 1 is 1.32 bits per heavy atom. The van der Waals surface area contributed by atoms with Gasteiger partial charge in [-0.1, -0.05) is 6.07 Å². The van der Waals surface area contributed by atoms with Gasteiger partial charge in [0.2, 0.25) is 0 Å². The summed E-state index contributed by atoms with van der Waals surface area (Å²) in [4.78, 5) is 8.31. The molecule has 1 aromatic rings. The molecule has 2 rings (SSSR count). The third-order valence-corrected chi connectivity index (χ3v) is 5.08. The predicted octanol–water partition coefficient (Wildman–Crippen LogP) is 3.47. The number of nitrogens with zero attached hydrogens (tertiary/aromatic N) is 2. The minimum absolute atomic E-state index is 0.144. The summed E-state index contributed by atoms with van der Waals surface area (Å²) in [5.74, 6) is 0.977. The zero-order valence-electron chi connectivity index (χ0n) is 14.6. The van der Waals surface area contributed by atoms with E-state index in [4.69, 9.17) is 0 Å². The molecule has 142 valence electrons. The molecule has 25 heavy (non-hydrogen) atoms. The molecule has 1 saturated heterocycles. The van der Waals surface area contributed by atoms with Gasteiger partial charge in [-0.3, -0.25) is 9.89 Å². The number of hydrogen-bond acceptors (Lipinski definition) is 3. The number of alkyl halides is 3. The summed E-state index contributed by atoms with van der Waals surface area (Å²) in [7, 11) is 0. The van der Waals surface area contributed by atoms with Crippen molar-refractivity contribution in [1.29, 1.82) is 0 Å². The van der Waals surface area contributed by atoms with E-state index in [1.54, 1.807) is 11.3 Å². The van der Waals surface area contributed by atoms with Crippen LogP contribution in [0.5, 0.6) is 0 Å². The third kappa shape index (κ3) is 8.09. The van der Waals surface area contributed by atoms with Crippen molar-refractivity contribution in [3.63, 3.8) is 0 Å². The topological polar surface area (TPSA) is 39.7 Å². The Morgan fingerprint density at radius 3 is 2.68 bits per heavy atom. The van der Waals surface area contributed by atoms with Crippen LogP contribution in [0, 0.1) is 5.92 Å². The molecule has 2 heterocycles. The van der Waals surface area contributed by atoms with Gasteiger partial charge in [-0.15, -0.1) is 11.3 Å². The highest BCUT2D eigenvalue weighted by Gasteiger charge is 2.26. The van der Waals surface area contributed by atoms with Crippen molar-refractivity contribution in [1.82, 2.24) is 15.5 Å². The number of thiophene rings is 1. The van der Waals surface area contributed by atoms with Crippen molar-refractivity contribution < 1.29 is 13.2 Å². The maximum absolute atomic E-state index is 12.2. The van der Waals surface area contributed by atoms with Gasteiger partial charge in [0.25, 0.3) is 0 Å². The van der Waals surface area contributed by atoms with Crippen LogP contribution in [0.2, 0.25) is 0 Å². The lowest BCUT2D eigenvalue weighted by molar-refractivity contribution is -0.132. The summed E-state index contributed by atoms with van der Waals surface area (Å²) < 4.78 is 36.7. The number of likely N-dealkylation sites (tertiary alicyclic amines) is 1. The molecule has 0 unspecified atom stereocenters. The van der Waals surface area contributed by atoms with Gasteiger partial charge in [-0.2, -0.15) is 13.2 Å². The molecule has 8 heteroatoms. The number of nitrogens with one attached hydrogen (secondary N) is 2. The summed E-state index contributed by atoms with van der Waals surface area (Å²) >= 11 is 1.79. The van der Waals surface area contributed by atoms with Gasteiger partial charge in [-0.25, -0.2) is 0 Å². The van der Waals surface area contributed by atoms with Crippen LogP contribution in [0.4, 0.5) is 13.2 Å². The minimum Gasteiger partial charge on any atom is -0.357 e. The Bertz CT molecular complexity index is 508. The first kappa shape index (κ1) is 20.0. The van der Waals surface area contributed by atoms with Crippen molar-refractivity contribution in [2.24, 2.45) is 10.9 Å². The van der Waals surface area contributed by atoms with Crippen LogP contribution in [-0.4, -0.2) is 49.8 Å². The van der Waals surface area contributed by atoms with Gasteiger partial charge >= 0.3 is 6.18 Å². The monoisotopic (exact) mass is 376 g/mol. The van der Waals surface area contributed by atoms with Gasteiger partial charge < -0.3 is 10.6 Å². The smallest absolute Gasteiger partial charge is 0.357 e. The van der Waals surface area contributed by atoms with E-state index in [-0.39, 0.29) is 6.54 Å². The van der Waals surface area contributed by atoms with Crippen LogP contribution in [0.25, 0.3) is 0 Å². The van der Waals surface area contributed by atoms with E-state index in [2.05, 4.69) is 38.0 Å². The number of guanidine groups is 1. The Balaban J connectivity index is 1.71. The first-order chi connectivity index (χ1) is 12.0. The zero-order chi connectivity index (χ0) is 18.1. The highest BCUT2D eigenvalue weighted by atomic mass is 32.1.